The number of carbonyl (C=O) groups is 2. The molecule has 0 radical (unpaired) electrons. The van der Waals surface area contributed by atoms with E-state index in [2.05, 4.69) is 19.9 Å². The fraction of sp³-hybridized carbons (Fsp3) is 0.148. The molecule has 37 heavy (non-hydrogen) atoms. The van der Waals surface area contributed by atoms with Gasteiger partial charge in [-0.3, -0.25) is 19.7 Å². The largest absolute Gasteiger partial charge is 0.465 e. The van der Waals surface area contributed by atoms with Gasteiger partial charge in [0.25, 0.3) is 5.91 Å². The Morgan fingerprint density at radius 2 is 1.86 bits per heavy atom. The zero-order chi connectivity index (χ0) is 25.7. The summed E-state index contributed by atoms with van der Waals surface area (Å²) in [4.78, 5) is 37.2. The van der Waals surface area contributed by atoms with Crippen LogP contribution in [0, 0.1) is 5.92 Å². The second kappa shape index (κ2) is 8.86. The molecule has 0 saturated heterocycles. The van der Waals surface area contributed by atoms with E-state index in [0.717, 1.165) is 36.2 Å². The lowest BCUT2D eigenvalue weighted by Crippen LogP contribution is -2.12. The van der Waals surface area contributed by atoms with Crippen molar-refractivity contribution in [1.29, 1.82) is 0 Å². The second-order valence-corrected chi connectivity index (χ2v) is 9.50. The van der Waals surface area contributed by atoms with E-state index in [1.807, 2.05) is 24.3 Å². The number of imidazole rings is 1. The van der Waals surface area contributed by atoms with E-state index in [-0.39, 0.29) is 11.4 Å². The maximum Gasteiger partial charge on any atom is 0.410 e. The van der Waals surface area contributed by atoms with Crippen LogP contribution in [-0.2, 0) is 6.42 Å². The van der Waals surface area contributed by atoms with E-state index in [4.69, 9.17) is 27.4 Å². The number of para-hydroxylation sites is 1. The highest BCUT2D eigenvalue weighted by Crippen LogP contribution is 2.38. The number of aromatic nitrogens is 4. The molecule has 3 aromatic heterocycles. The first-order valence-electron chi connectivity index (χ1n) is 11.7. The van der Waals surface area contributed by atoms with Crippen molar-refractivity contribution in [2.75, 3.05) is 5.32 Å². The van der Waals surface area contributed by atoms with Crippen molar-refractivity contribution < 1.29 is 14.7 Å². The monoisotopic (exact) mass is 512 g/mol. The molecule has 2 aromatic carbocycles. The molecule has 1 fully saturated rings. The van der Waals surface area contributed by atoms with Crippen molar-refractivity contribution in [3.63, 3.8) is 0 Å². The minimum absolute atomic E-state index is 0.170. The number of pyridine rings is 2. The van der Waals surface area contributed by atoms with Crippen molar-refractivity contribution in [1.82, 2.24) is 19.5 Å². The van der Waals surface area contributed by atoms with Gasteiger partial charge in [0, 0.05) is 24.2 Å². The lowest BCUT2D eigenvalue weighted by atomic mass is 10.0. The normalized spacial score (nSPS) is 13.2. The van der Waals surface area contributed by atoms with Gasteiger partial charge in [-0.1, -0.05) is 23.7 Å². The fourth-order valence-electron chi connectivity index (χ4n) is 4.67. The van der Waals surface area contributed by atoms with Crippen molar-refractivity contribution in [3.05, 3.63) is 77.3 Å². The molecule has 0 bridgehead atoms. The fourth-order valence-corrected chi connectivity index (χ4v) is 4.90. The smallest absolute Gasteiger partial charge is 0.410 e. The summed E-state index contributed by atoms with van der Waals surface area (Å²) in [6.07, 6.45) is 5.02. The standard InChI is InChI=1S/C27H21ClN6O3/c28-19-3-1-2-17-20(7-9-31-24(17)19)34-21-12-16(15-6-8-30-22(13-15)32-27(36)37)11-18(26(29)35)25(21)33-23(34)10-14-4-5-14/h1-3,6-9,11-14H,4-5,10H2,(H2,29,35)(H,30,32)(H,36,37). The average molecular weight is 513 g/mol. The van der Waals surface area contributed by atoms with Gasteiger partial charge in [0.1, 0.15) is 17.2 Å². The van der Waals surface area contributed by atoms with Crippen LogP contribution < -0.4 is 11.1 Å². The number of amides is 2. The number of rotatable bonds is 6. The maximum absolute atomic E-state index is 12.6. The Kier molecular flexibility index (Phi) is 5.49. The van der Waals surface area contributed by atoms with Crippen molar-refractivity contribution in [2.24, 2.45) is 11.7 Å². The first-order chi connectivity index (χ1) is 17.9. The molecule has 5 aromatic rings. The van der Waals surface area contributed by atoms with E-state index < -0.39 is 12.0 Å². The third kappa shape index (κ3) is 4.23. The number of carboxylic acid groups (broad SMARTS) is 1. The number of nitrogens with two attached hydrogens (primary N) is 1. The van der Waals surface area contributed by atoms with Gasteiger partial charge in [0.15, 0.2) is 0 Å². The summed E-state index contributed by atoms with van der Waals surface area (Å²) in [5, 5.41) is 12.8. The molecule has 0 aliphatic heterocycles. The van der Waals surface area contributed by atoms with Gasteiger partial charge in [0.2, 0.25) is 0 Å². The number of anilines is 1. The molecule has 3 heterocycles. The quantitative estimate of drug-likeness (QED) is 0.277. The number of nitrogens with zero attached hydrogens (tertiary/aromatic N) is 4. The Bertz CT molecular complexity index is 1730. The summed E-state index contributed by atoms with van der Waals surface area (Å²) < 4.78 is 2.06. The van der Waals surface area contributed by atoms with Crippen molar-refractivity contribution in [3.8, 4) is 16.8 Å². The number of carbonyl (C=O) groups excluding carboxylic acids is 1. The minimum atomic E-state index is -1.22. The number of fused-ring (bicyclic) bond motifs is 2. The molecule has 0 unspecified atom stereocenters. The van der Waals surface area contributed by atoms with Crippen LogP contribution in [0.1, 0.15) is 29.0 Å². The number of hydrogen-bond donors (Lipinski definition) is 3. The first-order valence-corrected chi connectivity index (χ1v) is 12.1. The highest BCUT2D eigenvalue weighted by Gasteiger charge is 2.27. The predicted molar refractivity (Wildman–Crippen MR) is 141 cm³/mol. The summed E-state index contributed by atoms with van der Waals surface area (Å²) in [6.45, 7) is 0. The Morgan fingerprint density at radius 1 is 1.05 bits per heavy atom. The second-order valence-electron chi connectivity index (χ2n) is 9.09. The van der Waals surface area contributed by atoms with Gasteiger partial charge in [-0.25, -0.2) is 14.8 Å². The predicted octanol–water partition coefficient (Wildman–Crippen LogP) is 5.43. The average Bonchev–Trinajstić information content (AvgIpc) is 3.61. The topological polar surface area (TPSA) is 136 Å². The molecular formula is C27H21ClN6O3. The van der Waals surface area contributed by atoms with Crippen LogP contribution in [0.3, 0.4) is 0 Å². The van der Waals surface area contributed by atoms with E-state index in [1.54, 1.807) is 30.5 Å². The molecular weight excluding hydrogens is 492 g/mol. The zero-order valence-corrected chi connectivity index (χ0v) is 20.2. The highest BCUT2D eigenvalue weighted by atomic mass is 35.5. The van der Waals surface area contributed by atoms with Crippen LogP contribution in [0.2, 0.25) is 5.02 Å². The molecule has 1 aliphatic carbocycles. The maximum atomic E-state index is 12.6. The SMILES string of the molecule is NC(=O)c1cc(-c2ccnc(NC(=O)O)c2)cc2c1nc(CC1CC1)n2-c1ccnc2c(Cl)cccc12. The van der Waals surface area contributed by atoms with E-state index in [9.17, 15) is 9.59 Å². The molecule has 6 rings (SSSR count). The Morgan fingerprint density at radius 3 is 2.62 bits per heavy atom. The Balaban J connectivity index is 1.65. The lowest BCUT2D eigenvalue weighted by molar-refractivity contribution is 0.100. The Hall–Kier alpha value is -4.50. The number of nitrogens with one attached hydrogen (secondary N) is 1. The van der Waals surface area contributed by atoms with Crippen molar-refractivity contribution >= 4 is 51.4 Å². The molecule has 2 amide bonds. The van der Waals surface area contributed by atoms with Crippen LogP contribution in [0.5, 0.6) is 0 Å². The lowest BCUT2D eigenvalue weighted by Gasteiger charge is -2.14. The van der Waals surface area contributed by atoms with Gasteiger partial charge in [-0.15, -0.1) is 0 Å². The van der Waals surface area contributed by atoms with Crippen LogP contribution in [0.15, 0.2) is 60.9 Å². The summed E-state index contributed by atoms with van der Waals surface area (Å²) in [6, 6.07) is 14.5. The van der Waals surface area contributed by atoms with Gasteiger partial charge >= 0.3 is 6.09 Å². The third-order valence-corrected chi connectivity index (χ3v) is 6.84. The molecule has 4 N–H and O–H groups in total. The van der Waals surface area contributed by atoms with E-state index in [1.165, 1.54) is 6.20 Å². The summed E-state index contributed by atoms with van der Waals surface area (Å²) in [7, 11) is 0. The zero-order valence-electron chi connectivity index (χ0n) is 19.5. The third-order valence-electron chi connectivity index (χ3n) is 6.53. The minimum Gasteiger partial charge on any atom is -0.465 e. The number of primary amides is 1. The number of benzene rings is 2. The van der Waals surface area contributed by atoms with Gasteiger partial charge in [-0.2, -0.15) is 0 Å². The number of hydrogen-bond acceptors (Lipinski definition) is 5. The van der Waals surface area contributed by atoms with Gasteiger partial charge < -0.3 is 10.8 Å². The van der Waals surface area contributed by atoms with Crippen LogP contribution in [0.25, 0.3) is 38.8 Å². The molecule has 184 valence electrons. The van der Waals surface area contributed by atoms with Gasteiger partial charge in [-0.05, 0) is 66.3 Å². The molecule has 1 saturated carbocycles. The summed E-state index contributed by atoms with van der Waals surface area (Å²) in [5.41, 5.74) is 10.2. The molecule has 1 aliphatic rings. The molecule has 9 nitrogen and oxygen atoms in total. The van der Waals surface area contributed by atoms with Crippen molar-refractivity contribution in [2.45, 2.75) is 19.3 Å². The van der Waals surface area contributed by atoms with Crippen LogP contribution in [-0.4, -0.2) is 36.6 Å². The van der Waals surface area contributed by atoms with Crippen LogP contribution in [0.4, 0.5) is 10.6 Å². The summed E-state index contributed by atoms with van der Waals surface area (Å²) in [5.74, 6) is 0.930. The first kappa shape index (κ1) is 22.9. The Labute approximate surface area is 215 Å². The number of halogens is 1. The summed E-state index contributed by atoms with van der Waals surface area (Å²) >= 11 is 6.46. The van der Waals surface area contributed by atoms with Crippen LogP contribution >= 0.6 is 11.6 Å². The molecule has 0 spiro atoms. The van der Waals surface area contributed by atoms with E-state index in [0.29, 0.717) is 38.6 Å². The van der Waals surface area contributed by atoms with Gasteiger partial charge in [0.05, 0.1) is 27.3 Å². The molecule has 10 heteroatoms. The molecule has 0 atom stereocenters. The van der Waals surface area contributed by atoms with E-state index >= 15 is 0 Å². The highest BCUT2D eigenvalue weighted by molar-refractivity contribution is 6.35.